The molecule has 0 aliphatic heterocycles. The Morgan fingerprint density at radius 2 is 2.18 bits per heavy atom. The van der Waals surface area contributed by atoms with Crippen molar-refractivity contribution in [3.63, 3.8) is 0 Å². The number of hydrogen-bond donors (Lipinski definition) is 2. The summed E-state index contributed by atoms with van der Waals surface area (Å²) in [5, 5.41) is 11.7. The third-order valence-corrected chi connectivity index (χ3v) is 2.09. The van der Waals surface area contributed by atoms with Crippen molar-refractivity contribution in [3.8, 4) is 0 Å². The van der Waals surface area contributed by atoms with E-state index in [2.05, 4.69) is 15.3 Å². The molecule has 0 fully saturated rings. The van der Waals surface area contributed by atoms with Crippen LogP contribution >= 0.6 is 0 Å². The normalized spacial score (nSPS) is 10.0. The molecule has 1 rings (SSSR count). The Morgan fingerprint density at radius 1 is 1.47 bits per heavy atom. The Kier molecular flexibility index (Phi) is 4.53. The second-order valence-electron chi connectivity index (χ2n) is 3.58. The zero-order valence-corrected chi connectivity index (χ0v) is 9.67. The van der Waals surface area contributed by atoms with Crippen LogP contribution in [0.3, 0.4) is 0 Å². The van der Waals surface area contributed by atoms with E-state index in [4.69, 9.17) is 5.11 Å². The molecule has 0 atom stereocenters. The molecule has 0 saturated carbocycles. The molecule has 0 saturated heterocycles. The standard InChI is InChI=1S/C10H14N4O3/c1-14(2)9(15)5-11-4-8-7(10(16)17)3-12-6-13-8/h3,6,11H,4-5H2,1-2H3,(H,16,17). The summed E-state index contributed by atoms with van der Waals surface area (Å²) in [5.74, 6) is -1.17. The second-order valence-corrected chi connectivity index (χ2v) is 3.58. The molecule has 1 aromatic heterocycles. The molecule has 17 heavy (non-hydrogen) atoms. The van der Waals surface area contributed by atoms with E-state index in [9.17, 15) is 9.59 Å². The van der Waals surface area contributed by atoms with Gasteiger partial charge in [0, 0.05) is 26.8 Å². The Hall–Kier alpha value is -2.02. The molecule has 1 aromatic rings. The topological polar surface area (TPSA) is 95.4 Å². The number of hydrogen-bond acceptors (Lipinski definition) is 5. The van der Waals surface area contributed by atoms with Gasteiger partial charge in [-0.05, 0) is 0 Å². The third-order valence-electron chi connectivity index (χ3n) is 2.09. The summed E-state index contributed by atoms with van der Waals surface area (Å²) in [6.07, 6.45) is 2.51. The minimum absolute atomic E-state index is 0.0392. The van der Waals surface area contributed by atoms with Crippen LogP contribution in [-0.4, -0.2) is 52.5 Å². The summed E-state index contributed by atoms with van der Waals surface area (Å²) < 4.78 is 0. The van der Waals surface area contributed by atoms with Gasteiger partial charge in [0.25, 0.3) is 0 Å². The first-order chi connectivity index (χ1) is 8.02. The second kappa shape index (κ2) is 5.90. The van der Waals surface area contributed by atoms with Crippen molar-refractivity contribution in [2.75, 3.05) is 20.6 Å². The van der Waals surface area contributed by atoms with Crippen LogP contribution in [0.4, 0.5) is 0 Å². The largest absolute Gasteiger partial charge is 0.478 e. The smallest absolute Gasteiger partial charge is 0.339 e. The lowest BCUT2D eigenvalue weighted by Crippen LogP contribution is -2.33. The summed E-state index contributed by atoms with van der Waals surface area (Å²) in [5.41, 5.74) is 0.399. The fourth-order valence-electron chi connectivity index (χ4n) is 1.12. The van der Waals surface area contributed by atoms with Gasteiger partial charge in [-0.2, -0.15) is 0 Å². The van der Waals surface area contributed by atoms with Crippen LogP contribution in [0.5, 0.6) is 0 Å². The summed E-state index contributed by atoms with van der Waals surface area (Å²) in [7, 11) is 3.30. The fourth-order valence-corrected chi connectivity index (χ4v) is 1.12. The molecule has 1 amide bonds. The average molecular weight is 238 g/mol. The van der Waals surface area contributed by atoms with Crippen molar-refractivity contribution in [2.45, 2.75) is 6.54 Å². The number of nitrogens with zero attached hydrogens (tertiary/aromatic N) is 3. The maximum atomic E-state index is 11.3. The first kappa shape index (κ1) is 13.0. The van der Waals surface area contributed by atoms with Crippen LogP contribution in [0.1, 0.15) is 16.1 Å². The summed E-state index contributed by atoms with van der Waals surface area (Å²) in [6.45, 7) is 0.347. The van der Waals surface area contributed by atoms with Crippen LogP contribution in [0, 0.1) is 0 Å². The van der Waals surface area contributed by atoms with Crippen molar-refractivity contribution in [1.29, 1.82) is 0 Å². The lowest BCUT2D eigenvalue weighted by molar-refractivity contribution is -0.127. The van der Waals surface area contributed by atoms with Crippen molar-refractivity contribution < 1.29 is 14.7 Å². The van der Waals surface area contributed by atoms with Gasteiger partial charge in [-0.3, -0.25) is 4.79 Å². The molecular weight excluding hydrogens is 224 g/mol. The number of carbonyl (C=O) groups is 2. The SMILES string of the molecule is CN(C)C(=O)CNCc1ncncc1C(=O)O. The van der Waals surface area contributed by atoms with Gasteiger partial charge in [0.2, 0.25) is 5.91 Å². The van der Waals surface area contributed by atoms with Gasteiger partial charge < -0.3 is 15.3 Å². The number of carboxylic acid groups (broad SMARTS) is 1. The van der Waals surface area contributed by atoms with Crippen LogP contribution in [0.2, 0.25) is 0 Å². The van der Waals surface area contributed by atoms with E-state index in [1.165, 1.54) is 17.4 Å². The highest BCUT2D eigenvalue weighted by Crippen LogP contribution is 2.02. The molecule has 0 radical (unpaired) electrons. The maximum Gasteiger partial charge on any atom is 0.339 e. The molecule has 92 valence electrons. The Balaban J connectivity index is 2.58. The van der Waals surface area contributed by atoms with Gasteiger partial charge in [0.1, 0.15) is 11.9 Å². The lowest BCUT2D eigenvalue weighted by Gasteiger charge is -2.11. The predicted octanol–water partition coefficient (Wildman–Crippen LogP) is -0.647. The van der Waals surface area contributed by atoms with Gasteiger partial charge in [-0.25, -0.2) is 14.8 Å². The number of nitrogens with one attached hydrogen (secondary N) is 1. The molecule has 0 aliphatic rings. The van der Waals surface area contributed by atoms with E-state index in [1.54, 1.807) is 14.1 Å². The number of aromatic nitrogens is 2. The van der Waals surface area contributed by atoms with Crippen molar-refractivity contribution in [1.82, 2.24) is 20.2 Å². The number of carboxylic acids is 1. The minimum atomic E-state index is -1.08. The zero-order valence-electron chi connectivity index (χ0n) is 9.67. The highest BCUT2D eigenvalue weighted by molar-refractivity contribution is 5.88. The van der Waals surface area contributed by atoms with Crippen LogP contribution in [0.15, 0.2) is 12.5 Å². The van der Waals surface area contributed by atoms with Gasteiger partial charge in [-0.1, -0.05) is 0 Å². The molecule has 0 aliphatic carbocycles. The molecule has 0 aromatic carbocycles. The molecule has 7 nitrogen and oxygen atoms in total. The van der Waals surface area contributed by atoms with E-state index in [-0.39, 0.29) is 24.6 Å². The van der Waals surface area contributed by atoms with E-state index in [0.29, 0.717) is 5.69 Å². The number of rotatable bonds is 5. The van der Waals surface area contributed by atoms with Crippen molar-refractivity contribution in [3.05, 3.63) is 23.8 Å². The predicted molar refractivity (Wildman–Crippen MR) is 59.4 cm³/mol. The van der Waals surface area contributed by atoms with Crippen molar-refractivity contribution in [2.24, 2.45) is 0 Å². The number of carbonyl (C=O) groups excluding carboxylic acids is 1. The Bertz CT molecular complexity index is 420. The molecular formula is C10H14N4O3. The molecule has 2 N–H and O–H groups in total. The Labute approximate surface area is 98.5 Å². The van der Waals surface area contributed by atoms with Crippen LogP contribution in [-0.2, 0) is 11.3 Å². The molecule has 0 unspecified atom stereocenters. The summed E-state index contributed by atoms with van der Waals surface area (Å²) >= 11 is 0. The number of amides is 1. The molecule has 7 heteroatoms. The van der Waals surface area contributed by atoms with E-state index in [1.807, 2.05) is 0 Å². The minimum Gasteiger partial charge on any atom is -0.478 e. The van der Waals surface area contributed by atoms with Gasteiger partial charge in [0.15, 0.2) is 0 Å². The average Bonchev–Trinajstić information content (AvgIpc) is 2.29. The van der Waals surface area contributed by atoms with Crippen LogP contribution < -0.4 is 5.32 Å². The first-order valence-electron chi connectivity index (χ1n) is 4.95. The highest BCUT2D eigenvalue weighted by atomic mass is 16.4. The molecule has 1 heterocycles. The quantitative estimate of drug-likeness (QED) is 0.708. The maximum absolute atomic E-state index is 11.3. The van der Waals surface area contributed by atoms with Gasteiger partial charge in [-0.15, -0.1) is 0 Å². The van der Waals surface area contributed by atoms with E-state index >= 15 is 0 Å². The number of aromatic carboxylic acids is 1. The lowest BCUT2D eigenvalue weighted by atomic mass is 10.2. The fraction of sp³-hybridized carbons (Fsp3) is 0.400. The molecule has 0 bridgehead atoms. The Morgan fingerprint density at radius 3 is 2.76 bits per heavy atom. The first-order valence-corrected chi connectivity index (χ1v) is 4.95. The van der Waals surface area contributed by atoms with Gasteiger partial charge in [0.05, 0.1) is 12.2 Å². The van der Waals surface area contributed by atoms with E-state index in [0.717, 1.165) is 0 Å². The molecule has 0 spiro atoms. The number of likely N-dealkylation sites (N-methyl/N-ethyl adjacent to an activating group) is 1. The van der Waals surface area contributed by atoms with Crippen LogP contribution in [0.25, 0.3) is 0 Å². The van der Waals surface area contributed by atoms with Crippen molar-refractivity contribution >= 4 is 11.9 Å². The third kappa shape index (κ3) is 3.80. The highest BCUT2D eigenvalue weighted by Gasteiger charge is 2.11. The van der Waals surface area contributed by atoms with Gasteiger partial charge >= 0.3 is 5.97 Å². The van der Waals surface area contributed by atoms with E-state index < -0.39 is 5.97 Å². The monoisotopic (exact) mass is 238 g/mol. The summed E-state index contributed by atoms with van der Waals surface area (Å²) in [4.78, 5) is 31.1. The zero-order chi connectivity index (χ0) is 12.8. The summed E-state index contributed by atoms with van der Waals surface area (Å²) in [6, 6.07) is 0.